The summed E-state index contributed by atoms with van der Waals surface area (Å²) in [5.41, 5.74) is -0.300. The van der Waals surface area contributed by atoms with E-state index >= 15 is 0 Å². The van der Waals surface area contributed by atoms with Crippen LogP contribution >= 0.6 is 0 Å². The van der Waals surface area contributed by atoms with E-state index in [9.17, 15) is 4.79 Å². The van der Waals surface area contributed by atoms with Gasteiger partial charge in [0.2, 0.25) is 5.75 Å². The lowest BCUT2D eigenvalue weighted by Gasteiger charge is -2.02. The van der Waals surface area contributed by atoms with Gasteiger partial charge in [0.25, 0.3) is 5.56 Å². The van der Waals surface area contributed by atoms with Crippen LogP contribution in [0.3, 0.4) is 0 Å². The fraction of sp³-hybridized carbons (Fsp3) is 0.100. The van der Waals surface area contributed by atoms with Gasteiger partial charge in [-0.15, -0.1) is 0 Å². The standard InChI is InChI=1S/C10H9N3O2/c1-7-12-6-9(10(14)13-7)15-8-3-2-4-11-5-8/h2-6H,1H3,(H,12,13,14). The molecular formula is C10H9N3O2. The average Bonchev–Trinajstić information content (AvgIpc) is 2.24. The number of H-pyrrole nitrogens is 1. The van der Waals surface area contributed by atoms with Crippen LogP contribution in [0.25, 0.3) is 0 Å². The second-order valence-electron chi connectivity index (χ2n) is 2.95. The van der Waals surface area contributed by atoms with Gasteiger partial charge in [-0.1, -0.05) is 0 Å². The van der Waals surface area contributed by atoms with E-state index < -0.39 is 0 Å². The molecule has 0 bridgehead atoms. The molecule has 0 aromatic carbocycles. The van der Waals surface area contributed by atoms with Gasteiger partial charge in [-0.25, -0.2) is 4.98 Å². The quantitative estimate of drug-likeness (QED) is 0.797. The molecule has 2 aromatic heterocycles. The first-order valence-electron chi connectivity index (χ1n) is 4.39. The highest BCUT2D eigenvalue weighted by Crippen LogP contribution is 2.14. The third-order valence-corrected chi connectivity index (χ3v) is 1.76. The summed E-state index contributed by atoms with van der Waals surface area (Å²) in [5.74, 6) is 1.22. The summed E-state index contributed by atoms with van der Waals surface area (Å²) >= 11 is 0. The van der Waals surface area contributed by atoms with Crippen LogP contribution in [0.5, 0.6) is 11.5 Å². The first kappa shape index (κ1) is 9.39. The summed E-state index contributed by atoms with van der Waals surface area (Å²) in [7, 11) is 0. The molecule has 0 saturated carbocycles. The van der Waals surface area contributed by atoms with Crippen molar-refractivity contribution in [2.45, 2.75) is 6.92 Å². The van der Waals surface area contributed by atoms with Crippen molar-refractivity contribution in [3.63, 3.8) is 0 Å². The number of aromatic nitrogens is 3. The number of rotatable bonds is 2. The van der Waals surface area contributed by atoms with Crippen molar-refractivity contribution in [1.82, 2.24) is 15.0 Å². The average molecular weight is 203 g/mol. The zero-order chi connectivity index (χ0) is 10.7. The number of pyridine rings is 1. The summed E-state index contributed by atoms with van der Waals surface area (Å²) in [5, 5.41) is 0. The van der Waals surface area contributed by atoms with Crippen LogP contribution in [0.1, 0.15) is 5.82 Å². The Balaban J connectivity index is 2.29. The van der Waals surface area contributed by atoms with Crippen molar-refractivity contribution in [1.29, 1.82) is 0 Å². The lowest BCUT2D eigenvalue weighted by Crippen LogP contribution is -2.10. The van der Waals surface area contributed by atoms with Crippen LogP contribution in [-0.4, -0.2) is 15.0 Å². The van der Waals surface area contributed by atoms with Crippen molar-refractivity contribution in [2.24, 2.45) is 0 Å². The van der Waals surface area contributed by atoms with Gasteiger partial charge in [0.1, 0.15) is 11.6 Å². The molecule has 0 fully saturated rings. The number of nitrogens with one attached hydrogen (secondary N) is 1. The Morgan fingerprint density at radius 1 is 1.40 bits per heavy atom. The Hall–Kier alpha value is -2.17. The molecule has 0 amide bonds. The zero-order valence-electron chi connectivity index (χ0n) is 8.10. The molecule has 0 aliphatic carbocycles. The normalized spacial score (nSPS) is 9.93. The van der Waals surface area contributed by atoms with Gasteiger partial charge in [-0.05, 0) is 19.1 Å². The Labute approximate surface area is 85.8 Å². The SMILES string of the molecule is Cc1ncc(Oc2cccnc2)c(=O)[nH]1. The van der Waals surface area contributed by atoms with Crippen molar-refractivity contribution in [2.75, 3.05) is 0 Å². The topological polar surface area (TPSA) is 67.9 Å². The lowest BCUT2D eigenvalue weighted by molar-refractivity contribution is 0.468. The molecule has 0 aliphatic heterocycles. The summed E-state index contributed by atoms with van der Waals surface area (Å²) < 4.78 is 5.30. The number of aromatic amines is 1. The largest absolute Gasteiger partial charge is 0.448 e. The minimum Gasteiger partial charge on any atom is -0.448 e. The Bertz CT molecular complexity index is 508. The van der Waals surface area contributed by atoms with Gasteiger partial charge in [-0.3, -0.25) is 9.78 Å². The Kier molecular flexibility index (Phi) is 2.45. The molecule has 1 N–H and O–H groups in total. The highest BCUT2D eigenvalue weighted by Gasteiger charge is 2.02. The summed E-state index contributed by atoms with van der Waals surface area (Å²) in [6.45, 7) is 1.70. The number of hydrogen-bond acceptors (Lipinski definition) is 4. The molecule has 0 atom stereocenters. The number of aryl methyl sites for hydroxylation is 1. The van der Waals surface area contributed by atoms with E-state index in [1.54, 1.807) is 25.3 Å². The van der Waals surface area contributed by atoms with Gasteiger partial charge in [0.15, 0.2) is 0 Å². The molecule has 76 valence electrons. The number of ether oxygens (including phenoxy) is 1. The Morgan fingerprint density at radius 2 is 2.27 bits per heavy atom. The van der Waals surface area contributed by atoms with Gasteiger partial charge in [-0.2, -0.15) is 0 Å². The van der Waals surface area contributed by atoms with E-state index in [0.29, 0.717) is 11.6 Å². The van der Waals surface area contributed by atoms with E-state index in [1.807, 2.05) is 0 Å². The second kappa shape index (κ2) is 3.91. The smallest absolute Gasteiger partial charge is 0.293 e. The minimum absolute atomic E-state index is 0.161. The van der Waals surface area contributed by atoms with Gasteiger partial charge < -0.3 is 9.72 Å². The van der Waals surface area contributed by atoms with Crippen LogP contribution in [0.2, 0.25) is 0 Å². The van der Waals surface area contributed by atoms with Crippen LogP contribution in [0.15, 0.2) is 35.5 Å². The summed E-state index contributed by atoms with van der Waals surface area (Å²) in [6.07, 6.45) is 4.55. The molecule has 0 radical (unpaired) electrons. The van der Waals surface area contributed by atoms with Crippen molar-refractivity contribution >= 4 is 0 Å². The lowest BCUT2D eigenvalue weighted by atomic mass is 10.4. The predicted molar refractivity (Wildman–Crippen MR) is 53.9 cm³/mol. The molecular weight excluding hydrogens is 194 g/mol. The molecule has 0 unspecified atom stereocenters. The molecule has 15 heavy (non-hydrogen) atoms. The van der Waals surface area contributed by atoms with Crippen LogP contribution in [-0.2, 0) is 0 Å². The van der Waals surface area contributed by atoms with E-state index in [4.69, 9.17) is 4.74 Å². The molecule has 2 aromatic rings. The van der Waals surface area contributed by atoms with Gasteiger partial charge in [0.05, 0.1) is 12.4 Å². The molecule has 0 aliphatic rings. The molecule has 0 saturated heterocycles. The van der Waals surface area contributed by atoms with E-state index in [1.165, 1.54) is 12.4 Å². The van der Waals surface area contributed by atoms with Crippen molar-refractivity contribution < 1.29 is 4.74 Å². The minimum atomic E-state index is -0.300. The summed E-state index contributed by atoms with van der Waals surface area (Å²) in [4.78, 5) is 21.8. The maximum atomic E-state index is 11.4. The molecule has 2 rings (SSSR count). The fourth-order valence-electron chi connectivity index (χ4n) is 1.08. The fourth-order valence-corrected chi connectivity index (χ4v) is 1.08. The van der Waals surface area contributed by atoms with Crippen molar-refractivity contribution in [3.8, 4) is 11.5 Å². The van der Waals surface area contributed by atoms with Gasteiger partial charge in [0, 0.05) is 6.20 Å². The first-order valence-corrected chi connectivity index (χ1v) is 4.39. The molecule has 2 heterocycles. The van der Waals surface area contributed by atoms with Gasteiger partial charge >= 0.3 is 0 Å². The molecule has 0 spiro atoms. The number of hydrogen-bond donors (Lipinski definition) is 1. The molecule has 5 nitrogen and oxygen atoms in total. The highest BCUT2D eigenvalue weighted by molar-refractivity contribution is 5.24. The highest BCUT2D eigenvalue weighted by atomic mass is 16.5. The Morgan fingerprint density at radius 3 is 2.93 bits per heavy atom. The zero-order valence-corrected chi connectivity index (χ0v) is 8.10. The van der Waals surface area contributed by atoms with Crippen molar-refractivity contribution in [3.05, 3.63) is 46.9 Å². The second-order valence-corrected chi connectivity index (χ2v) is 2.95. The van der Waals surface area contributed by atoms with Crippen LogP contribution in [0.4, 0.5) is 0 Å². The third-order valence-electron chi connectivity index (χ3n) is 1.76. The first-order chi connectivity index (χ1) is 7.25. The van der Waals surface area contributed by atoms with E-state index in [2.05, 4.69) is 15.0 Å². The monoisotopic (exact) mass is 203 g/mol. The maximum absolute atomic E-state index is 11.4. The molecule has 5 heteroatoms. The van der Waals surface area contributed by atoms with Crippen LogP contribution < -0.4 is 10.3 Å². The predicted octanol–water partition coefficient (Wildman–Crippen LogP) is 1.27. The summed E-state index contributed by atoms with van der Waals surface area (Å²) in [6, 6.07) is 3.44. The van der Waals surface area contributed by atoms with Crippen LogP contribution in [0, 0.1) is 6.92 Å². The maximum Gasteiger partial charge on any atom is 0.293 e. The number of nitrogens with zero attached hydrogens (tertiary/aromatic N) is 2. The van der Waals surface area contributed by atoms with E-state index in [-0.39, 0.29) is 11.3 Å². The van der Waals surface area contributed by atoms with E-state index in [0.717, 1.165) is 0 Å². The third kappa shape index (κ3) is 2.19.